The minimum atomic E-state index is -5.02. The van der Waals surface area contributed by atoms with Crippen molar-refractivity contribution in [1.29, 1.82) is 0 Å². The van der Waals surface area contributed by atoms with Crippen LogP contribution in [0.5, 0.6) is 0 Å². The first-order chi connectivity index (χ1) is 17.7. The zero-order chi connectivity index (χ0) is 28.0. The third kappa shape index (κ3) is 5.64. The molecule has 2 heterocycles. The van der Waals surface area contributed by atoms with Crippen molar-refractivity contribution in [2.45, 2.75) is 56.3 Å². The molecule has 0 bridgehead atoms. The van der Waals surface area contributed by atoms with E-state index in [1.54, 1.807) is 0 Å². The second-order valence-electron chi connectivity index (χ2n) is 9.51. The van der Waals surface area contributed by atoms with Crippen LogP contribution in [0.1, 0.15) is 54.0 Å². The summed E-state index contributed by atoms with van der Waals surface area (Å²) in [4.78, 5) is 26.6. The van der Waals surface area contributed by atoms with Gasteiger partial charge in [0, 0.05) is 24.9 Å². The largest absolute Gasteiger partial charge is 0.469 e. The van der Waals surface area contributed by atoms with Crippen LogP contribution in [0.25, 0.3) is 0 Å². The minimum Gasteiger partial charge on any atom is -0.469 e. The maximum Gasteiger partial charge on any atom is 0.416 e. The van der Waals surface area contributed by atoms with Gasteiger partial charge in [0.05, 0.1) is 36.4 Å². The fourth-order valence-electron chi connectivity index (χ4n) is 5.30. The maximum absolute atomic E-state index is 13.6. The van der Waals surface area contributed by atoms with Crippen molar-refractivity contribution >= 4 is 11.9 Å². The predicted octanol–water partition coefficient (Wildman–Crippen LogP) is 5.89. The van der Waals surface area contributed by atoms with Gasteiger partial charge in [-0.25, -0.2) is 4.39 Å². The Morgan fingerprint density at radius 2 is 1.58 bits per heavy atom. The molecule has 3 unspecified atom stereocenters. The average molecular weight is 547 g/mol. The molecule has 0 aliphatic carbocycles. The lowest BCUT2D eigenvalue weighted by Gasteiger charge is -2.35. The highest BCUT2D eigenvalue weighted by Crippen LogP contribution is 2.45. The number of benzene rings is 2. The van der Waals surface area contributed by atoms with Gasteiger partial charge in [-0.1, -0.05) is 12.1 Å². The summed E-state index contributed by atoms with van der Waals surface area (Å²) in [6.45, 7) is 1.32. The Morgan fingerprint density at radius 1 is 1.00 bits per heavy atom. The molecule has 38 heavy (non-hydrogen) atoms. The second-order valence-corrected chi connectivity index (χ2v) is 9.51. The zero-order valence-electron chi connectivity index (χ0n) is 20.3. The first kappa shape index (κ1) is 27.9. The number of fused-ring (bicyclic) bond motifs is 1. The number of halogens is 7. The van der Waals surface area contributed by atoms with E-state index in [1.165, 1.54) is 43.2 Å². The number of ether oxygens (including phenoxy) is 2. The normalized spacial score (nSPS) is 24.8. The fourth-order valence-corrected chi connectivity index (χ4v) is 5.30. The van der Waals surface area contributed by atoms with E-state index in [0.717, 1.165) is 0 Å². The van der Waals surface area contributed by atoms with Gasteiger partial charge in [0.15, 0.2) is 0 Å². The van der Waals surface area contributed by atoms with Crippen LogP contribution in [0.4, 0.5) is 30.7 Å². The first-order valence-electron chi connectivity index (χ1n) is 11.8. The van der Waals surface area contributed by atoms with E-state index >= 15 is 0 Å². The maximum atomic E-state index is 13.6. The highest BCUT2D eigenvalue weighted by molar-refractivity contribution is 5.85. The van der Waals surface area contributed by atoms with Crippen molar-refractivity contribution in [3.05, 3.63) is 70.5 Å². The number of carbonyl (C=O) groups is 2. The van der Waals surface area contributed by atoms with Crippen LogP contribution in [-0.2, 0) is 31.4 Å². The number of esters is 1. The van der Waals surface area contributed by atoms with Crippen LogP contribution in [0.15, 0.2) is 42.5 Å². The lowest BCUT2D eigenvalue weighted by Crippen LogP contribution is -2.46. The van der Waals surface area contributed by atoms with Gasteiger partial charge in [-0.05, 0) is 54.8 Å². The summed E-state index contributed by atoms with van der Waals surface area (Å²) >= 11 is 0. The number of methoxy groups -OCH3 is 1. The van der Waals surface area contributed by atoms with E-state index in [9.17, 15) is 40.3 Å². The lowest BCUT2D eigenvalue weighted by molar-refractivity contribution is -0.153. The van der Waals surface area contributed by atoms with E-state index < -0.39 is 65.4 Å². The Labute approximate surface area is 213 Å². The Morgan fingerprint density at radius 3 is 2.11 bits per heavy atom. The summed E-state index contributed by atoms with van der Waals surface area (Å²) in [5, 5.41) is 0. The molecule has 1 amide bonds. The average Bonchev–Trinajstić information content (AvgIpc) is 3.21. The number of amides is 1. The van der Waals surface area contributed by atoms with Gasteiger partial charge in [0.1, 0.15) is 5.82 Å². The molecule has 0 N–H and O–H groups in total. The summed E-state index contributed by atoms with van der Waals surface area (Å²) in [7, 11) is 1.20. The molecule has 0 aromatic heterocycles. The van der Waals surface area contributed by atoms with E-state index in [-0.39, 0.29) is 36.9 Å². The van der Waals surface area contributed by atoms with Gasteiger partial charge in [-0.2, -0.15) is 26.3 Å². The van der Waals surface area contributed by atoms with Crippen molar-refractivity contribution in [3.8, 4) is 0 Å². The number of nitrogens with zero attached hydrogens (tertiary/aromatic N) is 1. The summed E-state index contributed by atoms with van der Waals surface area (Å²) < 4.78 is 105. The molecule has 2 fully saturated rings. The van der Waals surface area contributed by atoms with Gasteiger partial charge < -0.3 is 14.4 Å². The molecular formula is C26H24F7NO4. The molecule has 2 aliphatic rings. The third-order valence-electron chi connectivity index (χ3n) is 7.11. The van der Waals surface area contributed by atoms with Crippen LogP contribution in [-0.4, -0.2) is 42.6 Å². The molecule has 2 saturated heterocycles. The van der Waals surface area contributed by atoms with E-state index in [1.807, 2.05) is 0 Å². The van der Waals surface area contributed by atoms with Crippen LogP contribution in [0.3, 0.4) is 0 Å². The molecule has 0 radical (unpaired) electrons. The van der Waals surface area contributed by atoms with Gasteiger partial charge in [0.2, 0.25) is 5.91 Å². The quantitative estimate of drug-likeness (QED) is 0.346. The molecule has 12 heteroatoms. The molecule has 4 rings (SSSR count). The molecule has 2 aromatic rings. The molecule has 0 spiro atoms. The third-order valence-corrected chi connectivity index (χ3v) is 7.11. The van der Waals surface area contributed by atoms with E-state index in [0.29, 0.717) is 17.7 Å². The van der Waals surface area contributed by atoms with Gasteiger partial charge in [-0.15, -0.1) is 0 Å². The SMILES string of the molecule is COC(=O)C1CC(=O)N2C[C@H](O[C@H](C)c3cc(C(F)(F)F)cc(C(F)(F)F)c3)C(c3ccc(F)cc3)C2C1. The van der Waals surface area contributed by atoms with Crippen LogP contribution in [0, 0.1) is 11.7 Å². The highest BCUT2D eigenvalue weighted by Gasteiger charge is 2.50. The molecule has 2 aliphatic heterocycles. The molecule has 5 nitrogen and oxygen atoms in total. The molecule has 5 atom stereocenters. The Kier molecular flexibility index (Phi) is 7.48. The number of alkyl halides is 6. The smallest absolute Gasteiger partial charge is 0.416 e. The topological polar surface area (TPSA) is 55.8 Å². The molecule has 206 valence electrons. The minimum absolute atomic E-state index is 0.00509. The molecular weight excluding hydrogens is 523 g/mol. The number of piperidine rings is 1. The van der Waals surface area contributed by atoms with Crippen LogP contribution < -0.4 is 0 Å². The van der Waals surface area contributed by atoms with Crippen LogP contribution >= 0.6 is 0 Å². The molecule has 0 saturated carbocycles. The highest BCUT2D eigenvalue weighted by atomic mass is 19.4. The lowest BCUT2D eigenvalue weighted by atomic mass is 9.81. The first-order valence-corrected chi connectivity index (χ1v) is 11.8. The van der Waals surface area contributed by atoms with Gasteiger partial charge in [-0.3, -0.25) is 9.59 Å². The number of carbonyl (C=O) groups excluding carboxylic acids is 2. The monoisotopic (exact) mass is 547 g/mol. The Balaban J connectivity index is 1.69. The number of hydrogen-bond donors (Lipinski definition) is 0. The summed E-state index contributed by atoms with van der Waals surface area (Å²) in [5.41, 5.74) is -2.72. The Hall–Kier alpha value is -3.15. The van der Waals surface area contributed by atoms with Crippen molar-refractivity contribution in [2.75, 3.05) is 13.7 Å². The van der Waals surface area contributed by atoms with Crippen LogP contribution in [0.2, 0.25) is 0 Å². The van der Waals surface area contributed by atoms with Crippen molar-refractivity contribution in [1.82, 2.24) is 4.90 Å². The summed E-state index contributed by atoms with van der Waals surface area (Å²) in [6.07, 6.45) is -12.0. The standard InChI is InChI=1S/C26H24F7NO4/c1-13(15-7-17(25(28,29)30)11-18(8-15)26(31,32)33)38-21-12-34-20(9-16(10-22(34)35)24(36)37-2)23(21)14-3-5-19(27)6-4-14/h3-8,11,13,16,20-21,23H,9-10,12H2,1-2H3/t13-,16?,20?,21+,23?/m1/s1. The number of rotatable bonds is 5. The zero-order valence-corrected chi connectivity index (χ0v) is 20.3. The predicted molar refractivity (Wildman–Crippen MR) is 119 cm³/mol. The fraction of sp³-hybridized carbons (Fsp3) is 0.462. The second kappa shape index (κ2) is 10.2. The summed E-state index contributed by atoms with van der Waals surface area (Å²) in [5.74, 6) is -2.81. The van der Waals surface area contributed by atoms with Crippen molar-refractivity contribution < 1.29 is 49.8 Å². The van der Waals surface area contributed by atoms with Crippen molar-refractivity contribution in [2.24, 2.45) is 5.92 Å². The van der Waals surface area contributed by atoms with Crippen molar-refractivity contribution in [3.63, 3.8) is 0 Å². The van der Waals surface area contributed by atoms with Gasteiger partial charge >= 0.3 is 18.3 Å². The van der Waals surface area contributed by atoms with E-state index in [2.05, 4.69) is 0 Å². The molecule has 2 aromatic carbocycles. The van der Waals surface area contributed by atoms with Gasteiger partial charge in [0.25, 0.3) is 0 Å². The van der Waals surface area contributed by atoms with E-state index in [4.69, 9.17) is 9.47 Å². The number of hydrogen-bond acceptors (Lipinski definition) is 4. The Bertz CT molecular complexity index is 1160. The summed E-state index contributed by atoms with van der Waals surface area (Å²) in [6, 6.07) is 6.02.